The lowest BCUT2D eigenvalue weighted by Crippen LogP contribution is -2.47. The lowest BCUT2D eigenvalue weighted by Gasteiger charge is -2.10. The Hall–Kier alpha value is -3.28. The Morgan fingerprint density at radius 2 is 1.64 bits per heavy atom. The second-order valence-electron chi connectivity index (χ2n) is 5.62. The van der Waals surface area contributed by atoms with Crippen LogP contribution in [-0.4, -0.2) is 23.1 Å². The Bertz CT molecular complexity index is 858. The van der Waals surface area contributed by atoms with Crippen molar-refractivity contribution in [2.75, 3.05) is 6.54 Å². The third kappa shape index (κ3) is 4.38. The summed E-state index contributed by atoms with van der Waals surface area (Å²) >= 11 is 0. The van der Waals surface area contributed by atoms with Crippen molar-refractivity contribution in [3.8, 4) is 0 Å². The first-order chi connectivity index (χ1) is 12.2. The molecule has 0 saturated heterocycles. The number of carbonyl (C=O) groups excluding carboxylic acids is 2. The van der Waals surface area contributed by atoms with Crippen molar-refractivity contribution in [1.82, 2.24) is 20.7 Å². The van der Waals surface area contributed by atoms with E-state index in [1.54, 1.807) is 24.3 Å². The van der Waals surface area contributed by atoms with Gasteiger partial charge in [0, 0.05) is 30.4 Å². The van der Waals surface area contributed by atoms with Gasteiger partial charge in [0.05, 0.1) is 0 Å². The molecule has 25 heavy (non-hydrogen) atoms. The second-order valence-corrected chi connectivity index (χ2v) is 5.62. The number of nitrogens with one attached hydrogen (secondary N) is 3. The van der Waals surface area contributed by atoms with Crippen LogP contribution in [0.25, 0.3) is 10.9 Å². The molecule has 3 rings (SSSR count). The molecule has 0 fully saturated rings. The van der Waals surface area contributed by atoms with Gasteiger partial charge in [-0.25, -0.2) is 10.2 Å². The zero-order chi connectivity index (χ0) is 17.5. The highest BCUT2D eigenvalue weighted by Gasteiger charge is 2.06. The lowest BCUT2D eigenvalue weighted by molar-refractivity contribution is 0.0936. The third-order valence-corrected chi connectivity index (χ3v) is 3.87. The zero-order valence-corrected chi connectivity index (χ0v) is 13.7. The number of hydrogen-bond donors (Lipinski definition) is 3. The molecule has 2 aromatic carbocycles. The van der Waals surface area contributed by atoms with E-state index >= 15 is 0 Å². The van der Waals surface area contributed by atoms with Crippen LogP contribution in [0.3, 0.4) is 0 Å². The average Bonchev–Trinajstić information content (AvgIpc) is 3.07. The number of nitrogens with zero attached hydrogens (tertiary/aromatic N) is 1. The van der Waals surface area contributed by atoms with Crippen LogP contribution in [0.4, 0.5) is 4.79 Å². The third-order valence-electron chi connectivity index (χ3n) is 3.87. The first kappa shape index (κ1) is 16.6. The van der Waals surface area contributed by atoms with Gasteiger partial charge in [0.1, 0.15) is 0 Å². The summed E-state index contributed by atoms with van der Waals surface area (Å²) in [6, 6.07) is 18.5. The molecule has 1 aromatic heterocycles. The molecular formula is C19H20N4O2. The summed E-state index contributed by atoms with van der Waals surface area (Å²) in [6.07, 6.45) is 2.84. The van der Waals surface area contributed by atoms with Crippen molar-refractivity contribution in [3.63, 3.8) is 0 Å². The number of hydrazine groups is 1. The maximum Gasteiger partial charge on any atom is 0.333 e. The minimum atomic E-state index is -0.429. The SMILES string of the molecule is O=C(NCCCn1ccc2ccccc21)NNC(=O)c1ccccc1. The van der Waals surface area contributed by atoms with Gasteiger partial charge in [0.25, 0.3) is 5.91 Å². The molecule has 0 atom stereocenters. The number of aromatic nitrogens is 1. The monoisotopic (exact) mass is 336 g/mol. The number of amides is 3. The standard InChI is InChI=1S/C19H20N4O2/c24-18(16-8-2-1-3-9-16)21-22-19(25)20-12-6-13-23-14-11-15-7-4-5-10-17(15)23/h1-5,7-11,14H,6,12-13H2,(H,21,24)(H2,20,22,25). The van der Waals surface area contributed by atoms with Gasteiger partial charge in [-0.15, -0.1) is 0 Å². The van der Waals surface area contributed by atoms with Gasteiger partial charge < -0.3 is 9.88 Å². The van der Waals surface area contributed by atoms with Crippen molar-refractivity contribution in [2.45, 2.75) is 13.0 Å². The summed E-state index contributed by atoms with van der Waals surface area (Å²) < 4.78 is 2.16. The molecule has 3 N–H and O–H groups in total. The van der Waals surface area contributed by atoms with Crippen LogP contribution >= 0.6 is 0 Å². The van der Waals surface area contributed by atoms with E-state index in [-0.39, 0.29) is 5.91 Å². The van der Waals surface area contributed by atoms with E-state index in [9.17, 15) is 9.59 Å². The number of aryl methyl sites for hydroxylation is 1. The van der Waals surface area contributed by atoms with E-state index in [1.807, 2.05) is 24.4 Å². The second kappa shape index (κ2) is 8.01. The van der Waals surface area contributed by atoms with Crippen LogP contribution in [0.15, 0.2) is 66.9 Å². The largest absolute Gasteiger partial charge is 0.347 e. The quantitative estimate of drug-likeness (QED) is 0.495. The summed E-state index contributed by atoms with van der Waals surface area (Å²) in [7, 11) is 0. The predicted octanol–water partition coefficient (Wildman–Crippen LogP) is 2.68. The first-order valence-electron chi connectivity index (χ1n) is 8.17. The molecule has 6 nitrogen and oxygen atoms in total. The minimum Gasteiger partial charge on any atom is -0.347 e. The van der Waals surface area contributed by atoms with E-state index in [0.717, 1.165) is 13.0 Å². The molecule has 128 valence electrons. The van der Waals surface area contributed by atoms with Crippen molar-refractivity contribution in [1.29, 1.82) is 0 Å². The summed E-state index contributed by atoms with van der Waals surface area (Å²) in [6.45, 7) is 1.32. The molecule has 0 aliphatic carbocycles. The van der Waals surface area contributed by atoms with Gasteiger partial charge >= 0.3 is 6.03 Å². The van der Waals surface area contributed by atoms with E-state index < -0.39 is 6.03 Å². The number of hydrogen-bond acceptors (Lipinski definition) is 2. The smallest absolute Gasteiger partial charge is 0.333 e. The van der Waals surface area contributed by atoms with Gasteiger partial charge in [-0.1, -0.05) is 36.4 Å². The maximum atomic E-state index is 11.8. The number of carbonyl (C=O) groups is 2. The number of fused-ring (bicyclic) bond motifs is 1. The van der Waals surface area contributed by atoms with E-state index in [2.05, 4.69) is 38.9 Å². The highest BCUT2D eigenvalue weighted by atomic mass is 16.2. The van der Waals surface area contributed by atoms with Crippen LogP contribution in [0, 0.1) is 0 Å². The van der Waals surface area contributed by atoms with Gasteiger partial charge in [-0.3, -0.25) is 10.2 Å². The molecular weight excluding hydrogens is 316 g/mol. The molecule has 0 bridgehead atoms. The molecule has 3 aromatic rings. The molecule has 0 spiro atoms. The Kier molecular flexibility index (Phi) is 5.31. The van der Waals surface area contributed by atoms with Gasteiger partial charge in [-0.2, -0.15) is 0 Å². The highest BCUT2D eigenvalue weighted by Crippen LogP contribution is 2.15. The van der Waals surface area contributed by atoms with Gasteiger partial charge in [0.2, 0.25) is 0 Å². The van der Waals surface area contributed by atoms with Crippen LogP contribution in [0.2, 0.25) is 0 Å². The van der Waals surface area contributed by atoms with Crippen LogP contribution in [-0.2, 0) is 6.54 Å². The molecule has 0 saturated carbocycles. The summed E-state index contributed by atoms with van der Waals surface area (Å²) in [5, 5.41) is 3.93. The zero-order valence-electron chi connectivity index (χ0n) is 13.7. The Labute approximate surface area is 145 Å². The fourth-order valence-corrected chi connectivity index (χ4v) is 2.61. The maximum absolute atomic E-state index is 11.8. The lowest BCUT2D eigenvalue weighted by atomic mass is 10.2. The number of para-hydroxylation sites is 1. The summed E-state index contributed by atoms with van der Waals surface area (Å²) in [5.41, 5.74) is 6.39. The highest BCUT2D eigenvalue weighted by molar-refractivity contribution is 5.95. The fourth-order valence-electron chi connectivity index (χ4n) is 2.61. The van der Waals surface area contributed by atoms with Crippen molar-refractivity contribution >= 4 is 22.8 Å². The number of benzene rings is 2. The fraction of sp³-hybridized carbons (Fsp3) is 0.158. The average molecular weight is 336 g/mol. The number of urea groups is 1. The summed E-state index contributed by atoms with van der Waals surface area (Å²) in [5.74, 6) is -0.352. The van der Waals surface area contributed by atoms with Crippen molar-refractivity contribution in [3.05, 3.63) is 72.4 Å². The van der Waals surface area contributed by atoms with Crippen LogP contribution in [0.1, 0.15) is 16.8 Å². The van der Waals surface area contributed by atoms with Gasteiger partial charge in [-0.05, 0) is 36.1 Å². The molecule has 0 aliphatic rings. The van der Waals surface area contributed by atoms with Crippen LogP contribution in [0.5, 0.6) is 0 Å². The molecule has 1 heterocycles. The Balaban J connectivity index is 1.37. The van der Waals surface area contributed by atoms with E-state index in [1.165, 1.54) is 10.9 Å². The molecule has 6 heteroatoms. The molecule has 0 unspecified atom stereocenters. The van der Waals surface area contributed by atoms with E-state index in [0.29, 0.717) is 12.1 Å². The molecule has 0 aliphatic heterocycles. The summed E-state index contributed by atoms with van der Waals surface area (Å²) in [4.78, 5) is 23.5. The topological polar surface area (TPSA) is 75.2 Å². The van der Waals surface area contributed by atoms with Crippen LogP contribution < -0.4 is 16.2 Å². The number of rotatable bonds is 5. The van der Waals surface area contributed by atoms with Gasteiger partial charge in [0.15, 0.2) is 0 Å². The molecule has 3 amide bonds. The minimum absolute atomic E-state index is 0.352. The van der Waals surface area contributed by atoms with E-state index in [4.69, 9.17) is 0 Å². The molecule has 0 radical (unpaired) electrons. The Morgan fingerprint density at radius 1 is 0.880 bits per heavy atom. The van der Waals surface area contributed by atoms with Crippen molar-refractivity contribution < 1.29 is 9.59 Å². The van der Waals surface area contributed by atoms with Crippen molar-refractivity contribution in [2.24, 2.45) is 0 Å². The normalized spacial score (nSPS) is 10.4. The Morgan fingerprint density at radius 3 is 2.48 bits per heavy atom. The predicted molar refractivity (Wildman–Crippen MR) is 97.0 cm³/mol. The first-order valence-corrected chi connectivity index (χ1v) is 8.17.